The van der Waals surface area contributed by atoms with Gasteiger partial charge in [-0.1, -0.05) is 132 Å². The van der Waals surface area contributed by atoms with Gasteiger partial charge in [0, 0.05) is 13.1 Å². The molecule has 0 heterocycles. The molecule has 0 aliphatic rings. The molecule has 2 atom stereocenters. The number of hydrogen-bond donors (Lipinski definition) is 0. The normalized spacial score (nSPS) is 11.3. The van der Waals surface area contributed by atoms with Gasteiger partial charge in [-0.3, -0.25) is 0 Å². The Bertz CT molecular complexity index is 1770. The maximum absolute atomic E-state index is 2.37. The first-order valence-electron chi connectivity index (χ1n) is 19.9. The van der Waals surface area contributed by atoms with E-state index < -0.39 is 0 Å². The topological polar surface area (TPSA) is 13.0 Å². The Hall–Kier alpha value is -3.05. The number of benzene rings is 6. The second-order valence-corrected chi connectivity index (χ2v) is 19.6. The van der Waals surface area contributed by atoms with Crippen LogP contribution in [0.25, 0.3) is 0 Å². The summed E-state index contributed by atoms with van der Waals surface area (Å²) < 4.78 is 0. The molecule has 0 bridgehead atoms. The van der Waals surface area contributed by atoms with Gasteiger partial charge < -0.3 is 19.6 Å². The van der Waals surface area contributed by atoms with E-state index in [4.69, 9.17) is 0 Å². The fourth-order valence-corrected chi connectivity index (χ4v) is 10.3. The summed E-state index contributed by atoms with van der Waals surface area (Å²) in [6, 6.07) is 55.7. The van der Waals surface area contributed by atoms with Crippen LogP contribution in [0.1, 0.15) is 33.4 Å². The molecule has 6 rings (SSSR count). The number of rotatable bonds is 12. The first-order chi connectivity index (χ1) is 27.8. The Morgan fingerprint density at radius 1 is 0.367 bits per heavy atom. The van der Waals surface area contributed by atoms with Crippen LogP contribution in [0, 0.1) is 26.9 Å². The SMILES string of the molecule is CN(C)[CH-]c1ccccc1P(C)c1ccccc1CN(C)C.CN(C)[CH-]c1ccccc1P(C)c1ccccc1CN(C)C.Cc1ccccc1.Cc1ccccc1.[Li+].[Li+]. The molecule has 4 nitrogen and oxygen atoms in total. The number of aryl methyl sites for hydroxylation is 2. The summed E-state index contributed by atoms with van der Waals surface area (Å²) in [4.78, 5) is 8.71. The summed E-state index contributed by atoms with van der Waals surface area (Å²) >= 11 is 0. The molecule has 308 valence electrons. The zero-order valence-corrected chi connectivity index (χ0v) is 41.1. The standard InChI is InChI=1S/2C19H26N2P.2C7H8.2Li/c2*1-20(2)14-16-10-6-8-12-18(16)22(5)19-13-9-7-11-17(19)15-21(3)4;2*1-7-5-3-2-4-6-7;;/h2*6-14H,15H2,1-5H3;2*2-6H,1H3;;/q2*-1;;;2*+1. The molecular weight excluding hydrogens is 756 g/mol. The van der Waals surface area contributed by atoms with Crippen LogP contribution >= 0.6 is 15.8 Å². The van der Waals surface area contributed by atoms with Crippen LogP contribution in [0.2, 0.25) is 0 Å². The molecule has 60 heavy (non-hydrogen) atoms. The Kier molecular flexibility index (Phi) is 27.6. The van der Waals surface area contributed by atoms with Gasteiger partial charge in [-0.2, -0.15) is 23.3 Å². The smallest absolute Gasteiger partial charge is 0.339 e. The van der Waals surface area contributed by atoms with Gasteiger partial charge in [0.25, 0.3) is 0 Å². The first kappa shape index (κ1) is 55.0. The Labute approximate surface area is 392 Å². The molecule has 6 aromatic carbocycles. The van der Waals surface area contributed by atoms with E-state index in [1.54, 1.807) is 0 Å². The van der Waals surface area contributed by atoms with Crippen molar-refractivity contribution in [1.82, 2.24) is 19.6 Å². The zero-order valence-electron chi connectivity index (χ0n) is 39.3. The molecule has 0 aromatic heterocycles. The van der Waals surface area contributed by atoms with E-state index in [1.165, 1.54) is 54.6 Å². The van der Waals surface area contributed by atoms with E-state index in [1.807, 2.05) is 36.4 Å². The van der Waals surface area contributed by atoms with Crippen LogP contribution in [0.5, 0.6) is 0 Å². The Morgan fingerprint density at radius 2 is 0.633 bits per heavy atom. The molecule has 0 amide bonds. The molecule has 0 radical (unpaired) electrons. The second kappa shape index (κ2) is 30.1. The van der Waals surface area contributed by atoms with E-state index in [0.717, 1.165) is 13.1 Å². The monoisotopic (exact) mass is 825 g/mol. The molecule has 0 spiro atoms. The molecule has 0 fully saturated rings. The van der Waals surface area contributed by atoms with Crippen molar-refractivity contribution in [2.75, 3.05) is 69.7 Å². The van der Waals surface area contributed by atoms with Gasteiger partial charge in [0.2, 0.25) is 0 Å². The third-order valence-electron chi connectivity index (χ3n) is 8.95. The maximum atomic E-state index is 2.37. The van der Waals surface area contributed by atoms with Crippen molar-refractivity contribution in [2.24, 2.45) is 0 Å². The van der Waals surface area contributed by atoms with Crippen molar-refractivity contribution in [3.05, 3.63) is 204 Å². The predicted octanol–water partition coefficient (Wildman–Crippen LogP) is 3.76. The average Bonchev–Trinajstić information content (AvgIpc) is 3.19. The summed E-state index contributed by atoms with van der Waals surface area (Å²) in [5, 5.41) is 5.84. The van der Waals surface area contributed by atoms with E-state index in [0.29, 0.717) is 0 Å². The van der Waals surface area contributed by atoms with Crippen LogP contribution in [0.15, 0.2) is 158 Å². The van der Waals surface area contributed by atoms with Crippen LogP contribution in [0.3, 0.4) is 0 Å². The van der Waals surface area contributed by atoms with E-state index in [2.05, 4.69) is 238 Å². The minimum absolute atomic E-state index is 0. The van der Waals surface area contributed by atoms with Gasteiger partial charge in [0.05, 0.1) is 0 Å². The Balaban J connectivity index is 0.000000442. The first-order valence-corrected chi connectivity index (χ1v) is 23.5. The molecule has 6 aromatic rings. The molecule has 0 N–H and O–H groups in total. The summed E-state index contributed by atoms with van der Waals surface area (Å²) in [5.41, 5.74) is 8.15. The Morgan fingerprint density at radius 3 is 0.900 bits per heavy atom. The number of hydrogen-bond acceptors (Lipinski definition) is 4. The average molecular weight is 825 g/mol. The van der Waals surface area contributed by atoms with Crippen molar-refractivity contribution in [2.45, 2.75) is 26.9 Å². The fourth-order valence-electron chi connectivity index (χ4n) is 6.31. The quantitative estimate of drug-likeness (QED) is 0.106. The minimum Gasteiger partial charge on any atom is -0.339 e. The summed E-state index contributed by atoms with van der Waals surface area (Å²) in [6.07, 6.45) is 0. The van der Waals surface area contributed by atoms with E-state index in [9.17, 15) is 0 Å². The third-order valence-corrected chi connectivity index (χ3v) is 13.5. The summed E-state index contributed by atoms with van der Waals surface area (Å²) in [6.45, 7) is 15.3. The van der Waals surface area contributed by atoms with Crippen molar-refractivity contribution in [3.8, 4) is 0 Å². The summed E-state index contributed by atoms with van der Waals surface area (Å²) in [5.74, 6) is 0. The van der Waals surface area contributed by atoms with Crippen molar-refractivity contribution in [3.63, 3.8) is 0 Å². The van der Waals surface area contributed by atoms with Crippen molar-refractivity contribution < 1.29 is 37.7 Å². The van der Waals surface area contributed by atoms with Crippen LogP contribution < -0.4 is 58.9 Å². The largest absolute Gasteiger partial charge is 1.00 e. The van der Waals surface area contributed by atoms with Gasteiger partial charge >= 0.3 is 37.7 Å². The van der Waals surface area contributed by atoms with Gasteiger partial charge in [0.15, 0.2) is 0 Å². The molecule has 8 heteroatoms. The molecule has 0 aliphatic heterocycles. The van der Waals surface area contributed by atoms with Gasteiger partial charge in [0.1, 0.15) is 0 Å². The molecule has 2 unspecified atom stereocenters. The molecule has 0 saturated heterocycles. The fraction of sp³-hybridized carbons (Fsp3) is 0.269. The third kappa shape index (κ3) is 20.2. The zero-order chi connectivity index (χ0) is 42.5. The maximum Gasteiger partial charge on any atom is 1.00 e. The summed E-state index contributed by atoms with van der Waals surface area (Å²) in [7, 11) is 16.1. The molecular formula is C52H68Li2N4P2. The van der Waals surface area contributed by atoms with Crippen LogP contribution in [-0.2, 0) is 13.1 Å². The second-order valence-electron chi connectivity index (χ2n) is 15.5. The van der Waals surface area contributed by atoms with Gasteiger partial charge in [-0.05, 0) is 105 Å². The van der Waals surface area contributed by atoms with E-state index >= 15 is 0 Å². The van der Waals surface area contributed by atoms with Gasteiger partial charge in [-0.15, -0.1) is 63.8 Å². The number of nitrogens with zero attached hydrogens (tertiary/aromatic N) is 4. The van der Waals surface area contributed by atoms with Crippen LogP contribution in [0.4, 0.5) is 0 Å². The van der Waals surface area contributed by atoms with Crippen molar-refractivity contribution in [1.29, 1.82) is 0 Å². The van der Waals surface area contributed by atoms with Crippen LogP contribution in [-0.4, -0.2) is 89.3 Å². The van der Waals surface area contributed by atoms with E-state index in [-0.39, 0.29) is 53.6 Å². The molecule has 0 aliphatic carbocycles. The van der Waals surface area contributed by atoms with Crippen molar-refractivity contribution >= 4 is 37.1 Å². The minimum atomic E-state index is -0.358. The predicted molar refractivity (Wildman–Crippen MR) is 261 cm³/mol. The van der Waals surface area contributed by atoms with Gasteiger partial charge in [-0.25, -0.2) is 0 Å². The molecule has 0 saturated carbocycles.